The van der Waals surface area contributed by atoms with Crippen LogP contribution in [-0.4, -0.2) is 18.1 Å². The van der Waals surface area contributed by atoms with Gasteiger partial charge in [-0.25, -0.2) is 0 Å². The Morgan fingerprint density at radius 2 is 2.04 bits per heavy atom. The predicted molar refractivity (Wildman–Crippen MR) is 95.4 cm³/mol. The fraction of sp³-hybridized carbons (Fsp3) is 0.278. The largest absolute Gasteiger partial charge is 0.483 e. The van der Waals surface area contributed by atoms with Crippen molar-refractivity contribution in [3.8, 4) is 11.5 Å². The van der Waals surface area contributed by atoms with Gasteiger partial charge in [0.05, 0.1) is 10.0 Å². The molecule has 2 aromatic carbocycles. The molecule has 0 fully saturated rings. The van der Waals surface area contributed by atoms with Crippen LogP contribution in [0, 0.1) is 0 Å². The highest BCUT2D eigenvalue weighted by Gasteiger charge is 2.32. The molecule has 0 unspecified atom stereocenters. The van der Waals surface area contributed by atoms with Crippen molar-refractivity contribution in [3.05, 3.63) is 52.0 Å². The number of benzene rings is 2. The second kappa shape index (κ2) is 6.54. The van der Waals surface area contributed by atoms with E-state index in [0.29, 0.717) is 27.2 Å². The van der Waals surface area contributed by atoms with Crippen molar-refractivity contribution in [2.24, 2.45) is 0 Å². The van der Waals surface area contributed by atoms with Crippen LogP contribution in [0.15, 0.2) is 36.4 Å². The lowest BCUT2D eigenvalue weighted by molar-refractivity contribution is -0.118. The Labute approximate surface area is 150 Å². The van der Waals surface area contributed by atoms with E-state index >= 15 is 0 Å². The fourth-order valence-electron chi connectivity index (χ4n) is 2.62. The van der Waals surface area contributed by atoms with Crippen LogP contribution in [0.25, 0.3) is 0 Å². The molecule has 1 amide bonds. The Morgan fingerprint density at radius 1 is 1.25 bits per heavy atom. The van der Waals surface area contributed by atoms with Gasteiger partial charge in [-0.2, -0.15) is 0 Å². The van der Waals surface area contributed by atoms with Gasteiger partial charge in [0.25, 0.3) is 5.91 Å². The van der Waals surface area contributed by atoms with Gasteiger partial charge >= 0.3 is 0 Å². The maximum Gasteiger partial charge on any atom is 0.262 e. The first-order chi connectivity index (χ1) is 11.3. The predicted octanol–water partition coefficient (Wildman–Crippen LogP) is 4.72. The summed E-state index contributed by atoms with van der Waals surface area (Å²) in [5, 5.41) is 3.53. The Bertz CT molecular complexity index is 790. The number of nitrogens with one attached hydrogen (secondary N) is 1. The second-order valence-electron chi connectivity index (χ2n) is 6.25. The van der Waals surface area contributed by atoms with E-state index in [0.717, 1.165) is 12.0 Å². The standard InChI is InChI=1S/C18H17Cl2NO3/c1-18(2)9-11-4-3-5-15(17(11)24-18)23-10-16(22)21-12-6-7-13(19)14(20)8-12/h3-8H,9-10H2,1-2H3,(H,21,22). The summed E-state index contributed by atoms with van der Waals surface area (Å²) in [4.78, 5) is 12.1. The van der Waals surface area contributed by atoms with Crippen molar-refractivity contribution < 1.29 is 14.3 Å². The number of hydrogen-bond acceptors (Lipinski definition) is 3. The lowest BCUT2D eigenvalue weighted by atomic mass is 10.0. The summed E-state index contributed by atoms with van der Waals surface area (Å²) in [6.07, 6.45) is 0.814. The molecule has 2 aromatic rings. The smallest absolute Gasteiger partial charge is 0.262 e. The summed E-state index contributed by atoms with van der Waals surface area (Å²) < 4.78 is 11.6. The van der Waals surface area contributed by atoms with Crippen LogP contribution in [0.1, 0.15) is 19.4 Å². The van der Waals surface area contributed by atoms with Gasteiger partial charge in [0.15, 0.2) is 18.1 Å². The molecule has 0 spiro atoms. The molecule has 0 atom stereocenters. The molecule has 0 radical (unpaired) electrons. The zero-order valence-corrected chi connectivity index (χ0v) is 14.9. The lowest BCUT2D eigenvalue weighted by Crippen LogP contribution is -2.25. The monoisotopic (exact) mass is 365 g/mol. The number of anilines is 1. The fourth-order valence-corrected chi connectivity index (χ4v) is 2.91. The van der Waals surface area contributed by atoms with Crippen LogP contribution in [-0.2, 0) is 11.2 Å². The molecule has 24 heavy (non-hydrogen) atoms. The van der Waals surface area contributed by atoms with Crippen molar-refractivity contribution in [3.63, 3.8) is 0 Å². The van der Waals surface area contributed by atoms with Crippen LogP contribution in [0.3, 0.4) is 0 Å². The Hall–Kier alpha value is -1.91. The van der Waals surface area contributed by atoms with E-state index in [1.165, 1.54) is 0 Å². The van der Waals surface area contributed by atoms with Gasteiger partial charge in [-0.15, -0.1) is 0 Å². The Balaban J connectivity index is 1.63. The summed E-state index contributed by atoms with van der Waals surface area (Å²) in [7, 11) is 0. The minimum absolute atomic E-state index is 0.125. The highest BCUT2D eigenvalue weighted by Crippen LogP contribution is 2.41. The summed E-state index contributed by atoms with van der Waals surface area (Å²) in [5.74, 6) is 0.996. The molecule has 4 nitrogen and oxygen atoms in total. The van der Waals surface area contributed by atoms with E-state index in [4.69, 9.17) is 32.7 Å². The van der Waals surface area contributed by atoms with E-state index in [9.17, 15) is 4.79 Å². The molecular weight excluding hydrogens is 349 g/mol. The van der Waals surface area contributed by atoms with Crippen molar-refractivity contribution in [1.29, 1.82) is 0 Å². The Morgan fingerprint density at radius 3 is 2.79 bits per heavy atom. The number of carbonyl (C=O) groups is 1. The summed E-state index contributed by atoms with van der Waals surface area (Å²) in [6, 6.07) is 10.6. The molecule has 1 heterocycles. The molecule has 0 aromatic heterocycles. The van der Waals surface area contributed by atoms with Gasteiger partial charge in [-0.05, 0) is 38.1 Å². The van der Waals surface area contributed by atoms with Crippen LogP contribution in [0.5, 0.6) is 11.5 Å². The van der Waals surface area contributed by atoms with Crippen LogP contribution in [0.2, 0.25) is 10.0 Å². The van der Waals surface area contributed by atoms with E-state index in [-0.39, 0.29) is 18.1 Å². The maximum absolute atomic E-state index is 12.1. The molecule has 126 valence electrons. The average molecular weight is 366 g/mol. The molecule has 1 aliphatic heterocycles. The maximum atomic E-state index is 12.1. The molecule has 6 heteroatoms. The van der Waals surface area contributed by atoms with Gasteiger partial charge in [0.1, 0.15) is 5.60 Å². The van der Waals surface area contributed by atoms with Crippen LogP contribution in [0.4, 0.5) is 5.69 Å². The minimum Gasteiger partial charge on any atom is -0.483 e. The molecule has 0 saturated heterocycles. The average Bonchev–Trinajstić information content (AvgIpc) is 2.83. The quantitative estimate of drug-likeness (QED) is 0.852. The Kier molecular flexibility index (Phi) is 4.61. The lowest BCUT2D eigenvalue weighted by Gasteiger charge is -2.18. The highest BCUT2D eigenvalue weighted by molar-refractivity contribution is 6.42. The minimum atomic E-state index is -0.289. The van der Waals surface area contributed by atoms with E-state index < -0.39 is 0 Å². The topological polar surface area (TPSA) is 47.6 Å². The van der Waals surface area contributed by atoms with Crippen molar-refractivity contribution in [2.75, 3.05) is 11.9 Å². The SMILES string of the molecule is CC1(C)Cc2cccc(OCC(=O)Nc3ccc(Cl)c(Cl)c3)c2O1. The highest BCUT2D eigenvalue weighted by atomic mass is 35.5. The number of fused-ring (bicyclic) bond motifs is 1. The van der Waals surface area contributed by atoms with Gasteiger partial charge in [-0.1, -0.05) is 35.3 Å². The number of ether oxygens (including phenoxy) is 2. The zero-order valence-electron chi connectivity index (χ0n) is 13.4. The molecule has 1 aliphatic rings. The summed E-state index contributed by atoms with van der Waals surface area (Å²) in [6.45, 7) is 3.92. The zero-order chi connectivity index (χ0) is 17.3. The van der Waals surface area contributed by atoms with E-state index in [2.05, 4.69) is 5.32 Å². The van der Waals surface area contributed by atoms with Gasteiger partial charge in [0.2, 0.25) is 0 Å². The van der Waals surface area contributed by atoms with Gasteiger partial charge in [0, 0.05) is 17.7 Å². The third-order valence-electron chi connectivity index (χ3n) is 3.62. The second-order valence-corrected chi connectivity index (χ2v) is 7.06. The number of para-hydroxylation sites is 1. The molecule has 3 rings (SSSR count). The molecule has 0 bridgehead atoms. The number of rotatable bonds is 4. The first kappa shape index (κ1) is 16.9. The normalized spacial score (nSPS) is 14.7. The molecule has 0 saturated carbocycles. The summed E-state index contributed by atoms with van der Waals surface area (Å²) >= 11 is 11.8. The van der Waals surface area contributed by atoms with Crippen molar-refractivity contribution >= 4 is 34.8 Å². The van der Waals surface area contributed by atoms with Crippen LogP contribution < -0.4 is 14.8 Å². The summed E-state index contributed by atoms with van der Waals surface area (Å²) in [5.41, 5.74) is 1.39. The third-order valence-corrected chi connectivity index (χ3v) is 4.36. The number of carbonyl (C=O) groups excluding carboxylic acids is 1. The van der Waals surface area contributed by atoms with E-state index in [1.807, 2.05) is 26.0 Å². The molecule has 1 N–H and O–H groups in total. The third kappa shape index (κ3) is 3.77. The van der Waals surface area contributed by atoms with Crippen LogP contribution >= 0.6 is 23.2 Å². The first-order valence-corrected chi connectivity index (χ1v) is 8.28. The van der Waals surface area contributed by atoms with Gasteiger partial charge in [-0.3, -0.25) is 4.79 Å². The van der Waals surface area contributed by atoms with Gasteiger partial charge < -0.3 is 14.8 Å². The number of hydrogen-bond donors (Lipinski definition) is 1. The molecule has 0 aliphatic carbocycles. The number of amides is 1. The van der Waals surface area contributed by atoms with Crippen molar-refractivity contribution in [2.45, 2.75) is 25.9 Å². The first-order valence-electron chi connectivity index (χ1n) is 7.53. The van der Waals surface area contributed by atoms with Crippen molar-refractivity contribution in [1.82, 2.24) is 0 Å². The number of halogens is 2. The van der Waals surface area contributed by atoms with E-state index in [1.54, 1.807) is 24.3 Å². The molecular formula is C18H17Cl2NO3.